The number of ether oxygens (including phenoxy) is 1. The number of rotatable bonds is 3. The molecule has 0 spiro atoms. The van der Waals surface area contributed by atoms with Crippen LogP contribution in [-0.2, 0) is 16.0 Å². The van der Waals surface area contributed by atoms with Crippen molar-refractivity contribution >= 4 is 5.91 Å². The van der Waals surface area contributed by atoms with Gasteiger partial charge in [0.25, 0.3) is 0 Å². The molecule has 104 valence electrons. The van der Waals surface area contributed by atoms with Crippen molar-refractivity contribution in [1.82, 2.24) is 4.90 Å². The maximum Gasteiger partial charge on any atom is 0.227 e. The molecule has 2 unspecified atom stereocenters. The summed E-state index contributed by atoms with van der Waals surface area (Å²) in [7, 11) is 0. The van der Waals surface area contributed by atoms with Gasteiger partial charge in [-0.15, -0.1) is 0 Å². The van der Waals surface area contributed by atoms with E-state index in [0.717, 1.165) is 11.1 Å². The third-order valence-corrected chi connectivity index (χ3v) is 3.64. The van der Waals surface area contributed by atoms with Crippen molar-refractivity contribution in [3.63, 3.8) is 0 Å². The van der Waals surface area contributed by atoms with Gasteiger partial charge < -0.3 is 15.4 Å². The summed E-state index contributed by atoms with van der Waals surface area (Å²) in [5, 5.41) is 0. The summed E-state index contributed by atoms with van der Waals surface area (Å²) < 4.78 is 5.57. The van der Waals surface area contributed by atoms with E-state index in [9.17, 15) is 4.79 Å². The van der Waals surface area contributed by atoms with E-state index in [1.165, 1.54) is 0 Å². The number of carbonyl (C=O) groups is 1. The van der Waals surface area contributed by atoms with Crippen molar-refractivity contribution in [3.05, 3.63) is 35.4 Å². The molecule has 2 atom stereocenters. The smallest absolute Gasteiger partial charge is 0.227 e. The third kappa shape index (κ3) is 3.55. The average Bonchev–Trinajstić information content (AvgIpc) is 2.41. The van der Waals surface area contributed by atoms with Crippen LogP contribution in [-0.4, -0.2) is 42.6 Å². The van der Waals surface area contributed by atoms with Crippen molar-refractivity contribution in [2.75, 3.05) is 19.7 Å². The summed E-state index contributed by atoms with van der Waals surface area (Å²) in [4.78, 5) is 14.2. The van der Waals surface area contributed by atoms with Crippen molar-refractivity contribution in [3.8, 4) is 0 Å². The molecular formula is C15H22N2O2. The monoisotopic (exact) mass is 262 g/mol. The number of hydrogen-bond acceptors (Lipinski definition) is 3. The molecular weight excluding hydrogens is 240 g/mol. The zero-order valence-electron chi connectivity index (χ0n) is 11.6. The summed E-state index contributed by atoms with van der Waals surface area (Å²) in [6.45, 7) is 5.79. The number of nitrogens with two attached hydrogens (primary N) is 1. The largest absolute Gasteiger partial charge is 0.373 e. The maximum atomic E-state index is 12.3. The lowest BCUT2D eigenvalue weighted by Crippen LogP contribution is -2.51. The first-order chi connectivity index (χ1) is 9.08. The van der Waals surface area contributed by atoms with E-state index in [1.807, 2.05) is 43.0 Å². The van der Waals surface area contributed by atoms with Crippen LogP contribution in [0.2, 0.25) is 0 Å². The summed E-state index contributed by atoms with van der Waals surface area (Å²) in [6, 6.07) is 7.96. The van der Waals surface area contributed by atoms with Crippen molar-refractivity contribution in [2.24, 2.45) is 5.73 Å². The standard InChI is InChI=1S/C15H22N2O2/c1-11-5-3-4-6-13(11)9-15(18)17-7-8-19-14(10-17)12(2)16/h3-6,12,14H,7-10,16H2,1-2H3. The first kappa shape index (κ1) is 14.0. The van der Waals surface area contributed by atoms with Gasteiger partial charge in [0, 0.05) is 19.1 Å². The predicted molar refractivity (Wildman–Crippen MR) is 74.9 cm³/mol. The van der Waals surface area contributed by atoms with Gasteiger partial charge in [0.2, 0.25) is 5.91 Å². The lowest BCUT2D eigenvalue weighted by atomic mass is 10.0. The molecule has 1 aliphatic heterocycles. The van der Waals surface area contributed by atoms with Gasteiger partial charge in [-0.05, 0) is 25.0 Å². The van der Waals surface area contributed by atoms with E-state index < -0.39 is 0 Å². The molecule has 0 radical (unpaired) electrons. The Morgan fingerprint density at radius 2 is 2.26 bits per heavy atom. The number of hydrogen-bond donors (Lipinski definition) is 1. The highest BCUT2D eigenvalue weighted by atomic mass is 16.5. The van der Waals surface area contributed by atoms with Gasteiger partial charge in [0.15, 0.2) is 0 Å². The molecule has 0 bridgehead atoms. The van der Waals surface area contributed by atoms with Gasteiger partial charge in [0.1, 0.15) is 0 Å². The number of morpholine rings is 1. The Morgan fingerprint density at radius 1 is 1.53 bits per heavy atom. The van der Waals surface area contributed by atoms with Gasteiger partial charge in [0.05, 0.1) is 19.1 Å². The minimum absolute atomic E-state index is 0.0467. The second-order valence-corrected chi connectivity index (χ2v) is 5.21. The van der Waals surface area contributed by atoms with Crippen LogP contribution in [0.1, 0.15) is 18.1 Å². The lowest BCUT2D eigenvalue weighted by Gasteiger charge is -2.34. The van der Waals surface area contributed by atoms with E-state index in [1.54, 1.807) is 0 Å². The summed E-state index contributed by atoms with van der Waals surface area (Å²) in [5.41, 5.74) is 8.10. The number of amides is 1. The molecule has 0 aliphatic carbocycles. The molecule has 0 aromatic heterocycles. The lowest BCUT2D eigenvalue weighted by molar-refractivity contribution is -0.138. The highest BCUT2D eigenvalue weighted by Gasteiger charge is 2.26. The minimum Gasteiger partial charge on any atom is -0.373 e. The molecule has 0 saturated carbocycles. The van der Waals surface area contributed by atoms with Crippen molar-refractivity contribution < 1.29 is 9.53 Å². The van der Waals surface area contributed by atoms with E-state index >= 15 is 0 Å². The Labute approximate surface area is 114 Å². The average molecular weight is 262 g/mol. The van der Waals surface area contributed by atoms with Crippen LogP contribution in [0.3, 0.4) is 0 Å². The predicted octanol–water partition coefficient (Wildman–Crippen LogP) is 1.11. The van der Waals surface area contributed by atoms with Crippen molar-refractivity contribution in [2.45, 2.75) is 32.4 Å². The fraction of sp³-hybridized carbons (Fsp3) is 0.533. The first-order valence-corrected chi connectivity index (χ1v) is 6.77. The Kier molecular flexibility index (Phi) is 4.56. The van der Waals surface area contributed by atoms with E-state index in [4.69, 9.17) is 10.5 Å². The van der Waals surface area contributed by atoms with E-state index in [-0.39, 0.29) is 18.1 Å². The summed E-state index contributed by atoms with van der Waals surface area (Å²) >= 11 is 0. The molecule has 1 aromatic rings. The van der Waals surface area contributed by atoms with Crippen molar-refractivity contribution in [1.29, 1.82) is 0 Å². The van der Waals surface area contributed by atoms with Gasteiger partial charge in [-0.25, -0.2) is 0 Å². The molecule has 1 amide bonds. The van der Waals surface area contributed by atoms with Crippen LogP contribution in [0.25, 0.3) is 0 Å². The number of carbonyl (C=O) groups excluding carboxylic acids is 1. The highest BCUT2D eigenvalue weighted by molar-refractivity contribution is 5.79. The molecule has 1 heterocycles. The second kappa shape index (κ2) is 6.17. The fourth-order valence-corrected chi connectivity index (χ4v) is 2.30. The van der Waals surface area contributed by atoms with Crippen LogP contribution in [0.4, 0.5) is 0 Å². The molecule has 4 heteroatoms. The second-order valence-electron chi connectivity index (χ2n) is 5.21. The van der Waals surface area contributed by atoms with Crippen LogP contribution in [0.5, 0.6) is 0 Å². The molecule has 2 rings (SSSR count). The van der Waals surface area contributed by atoms with E-state index in [2.05, 4.69) is 0 Å². The molecule has 1 saturated heterocycles. The molecule has 1 aliphatic rings. The SMILES string of the molecule is Cc1ccccc1CC(=O)N1CCOC(C(C)N)C1. The molecule has 4 nitrogen and oxygen atoms in total. The Morgan fingerprint density at radius 3 is 2.95 bits per heavy atom. The minimum atomic E-state index is -0.0472. The number of nitrogens with zero attached hydrogens (tertiary/aromatic N) is 1. The van der Waals surface area contributed by atoms with E-state index in [0.29, 0.717) is 26.1 Å². The Hall–Kier alpha value is -1.39. The molecule has 1 aromatic carbocycles. The molecule has 1 fully saturated rings. The Balaban J connectivity index is 1.98. The van der Waals surface area contributed by atoms with Gasteiger partial charge in [-0.3, -0.25) is 4.79 Å². The number of benzene rings is 1. The topological polar surface area (TPSA) is 55.6 Å². The van der Waals surface area contributed by atoms with Gasteiger partial charge in [-0.1, -0.05) is 24.3 Å². The van der Waals surface area contributed by atoms with Crippen LogP contribution < -0.4 is 5.73 Å². The van der Waals surface area contributed by atoms with Crippen LogP contribution in [0, 0.1) is 6.92 Å². The Bertz CT molecular complexity index is 446. The van der Waals surface area contributed by atoms with Crippen LogP contribution in [0.15, 0.2) is 24.3 Å². The maximum absolute atomic E-state index is 12.3. The van der Waals surface area contributed by atoms with Gasteiger partial charge in [-0.2, -0.15) is 0 Å². The normalized spacial score (nSPS) is 21.2. The first-order valence-electron chi connectivity index (χ1n) is 6.77. The summed E-state index contributed by atoms with van der Waals surface area (Å²) in [5.74, 6) is 0.156. The highest BCUT2D eigenvalue weighted by Crippen LogP contribution is 2.13. The zero-order chi connectivity index (χ0) is 13.8. The fourth-order valence-electron chi connectivity index (χ4n) is 2.30. The molecule has 19 heavy (non-hydrogen) atoms. The number of aryl methyl sites for hydroxylation is 1. The third-order valence-electron chi connectivity index (χ3n) is 3.64. The van der Waals surface area contributed by atoms with Crippen LogP contribution >= 0.6 is 0 Å². The molecule has 2 N–H and O–H groups in total. The zero-order valence-corrected chi connectivity index (χ0v) is 11.6. The van der Waals surface area contributed by atoms with Gasteiger partial charge >= 0.3 is 0 Å². The quantitative estimate of drug-likeness (QED) is 0.888. The summed E-state index contributed by atoms with van der Waals surface area (Å²) in [6.07, 6.45) is 0.410.